The SMILES string of the molecule is Cc1cc(-n2ccnc2)cc2[nH]c(-c3c(NCC(C)O)cc[nH]c3=O)nc12. The van der Waals surface area contributed by atoms with Gasteiger partial charge in [0.05, 0.1) is 29.2 Å². The summed E-state index contributed by atoms with van der Waals surface area (Å²) in [7, 11) is 0. The highest BCUT2D eigenvalue weighted by molar-refractivity contribution is 5.86. The van der Waals surface area contributed by atoms with Crippen LogP contribution in [0.25, 0.3) is 28.1 Å². The number of hydrogen-bond acceptors (Lipinski definition) is 5. The van der Waals surface area contributed by atoms with Crippen molar-refractivity contribution in [1.82, 2.24) is 24.5 Å². The number of aromatic amines is 2. The molecule has 3 heterocycles. The molecular formula is C19H20N6O2. The van der Waals surface area contributed by atoms with E-state index in [0.29, 0.717) is 23.6 Å². The first-order chi connectivity index (χ1) is 13.0. The molecule has 0 spiro atoms. The predicted octanol–water partition coefficient (Wildman–Crippen LogP) is 2.21. The maximum absolute atomic E-state index is 12.5. The van der Waals surface area contributed by atoms with Gasteiger partial charge in [-0.2, -0.15) is 0 Å². The molecule has 0 saturated heterocycles. The third kappa shape index (κ3) is 3.22. The molecule has 3 aromatic heterocycles. The number of imidazole rings is 2. The topological polar surface area (TPSA) is 112 Å². The fraction of sp³-hybridized carbons (Fsp3) is 0.211. The number of anilines is 1. The van der Waals surface area contributed by atoms with E-state index in [0.717, 1.165) is 22.3 Å². The molecule has 0 aliphatic heterocycles. The van der Waals surface area contributed by atoms with Gasteiger partial charge in [0, 0.05) is 30.8 Å². The first-order valence-corrected chi connectivity index (χ1v) is 8.65. The van der Waals surface area contributed by atoms with Crippen LogP contribution in [-0.2, 0) is 0 Å². The number of nitrogens with one attached hydrogen (secondary N) is 3. The van der Waals surface area contributed by atoms with Gasteiger partial charge in [0.25, 0.3) is 5.56 Å². The van der Waals surface area contributed by atoms with E-state index < -0.39 is 6.10 Å². The van der Waals surface area contributed by atoms with Crippen LogP contribution in [0.2, 0.25) is 0 Å². The van der Waals surface area contributed by atoms with Crippen molar-refractivity contribution >= 4 is 16.7 Å². The van der Waals surface area contributed by atoms with Gasteiger partial charge >= 0.3 is 0 Å². The molecule has 27 heavy (non-hydrogen) atoms. The lowest BCUT2D eigenvalue weighted by molar-refractivity contribution is 0.208. The second-order valence-electron chi connectivity index (χ2n) is 6.54. The van der Waals surface area contributed by atoms with E-state index in [9.17, 15) is 9.90 Å². The van der Waals surface area contributed by atoms with E-state index in [1.165, 1.54) is 0 Å². The zero-order valence-corrected chi connectivity index (χ0v) is 15.0. The van der Waals surface area contributed by atoms with E-state index in [1.807, 2.05) is 29.8 Å². The lowest BCUT2D eigenvalue weighted by Crippen LogP contribution is -2.19. The molecule has 8 nitrogen and oxygen atoms in total. The van der Waals surface area contributed by atoms with Crippen molar-refractivity contribution in [2.24, 2.45) is 0 Å². The predicted molar refractivity (Wildman–Crippen MR) is 104 cm³/mol. The van der Waals surface area contributed by atoms with E-state index in [2.05, 4.69) is 25.3 Å². The first kappa shape index (κ1) is 17.0. The van der Waals surface area contributed by atoms with Crippen molar-refractivity contribution in [3.63, 3.8) is 0 Å². The molecule has 0 aliphatic carbocycles. The summed E-state index contributed by atoms with van der Waals surface area (Å²) in [6, 6.07) is 5.76. The van der Waals surface area contributed by atoms with Crippen LogP contribution in [0.5, 0.6) is 0 Å². The van der Waals surface area contributed by atoms with Gasteiger partial charge in [-0.05, 0) is 37.6 Å². The zero-order valence-electron chi connectivity index (χ0n) is 15.0. The Hall–Kier alpha value is -3.39. The Kier molecular flexibility index (Phi) is 4.25. The molecule has 1 aromatic carbocycles. The third-order valence-electron chi connectivity index (χ3n) is 4.35. The number of aromatic nitrogens is 5. The van der Waals surface area contributed by atoms with E-state index >= 15 is 0 Å². The smallest absolute Gasteiger partial charge is 0.261 e. The summed E-state index contributed by atoms with van der Waals surface area (Å²) in [5.74, 6) is 0.478. The highest BCUT2D eigenvalue weighted by Crippen LogP contribution is 2.27. The van der Waals surface area contributed by atoms with Gasteiger partial charge in [-0.25, -0.2) is 9.97 Å². The quantitative estimate of drug-likeness (QED) is 0.434. The van der Waals surface area contributed by atoms with Crippen molar-refractivity contribution in [1.29, 1.82) is 0 Å². The number of rotatable bonds is 5. The maximum atomic E-state index is 12.5. The Morgan fingerprint density at radius 1 is 1.37 bits per heavy atom. The van der Waals surface area contributed by atoms with Crippen LogP contribution in [0, 0.1) is 6.92 Å². The van der Waals surface area contributed by atoms with E-state index in [-0.39, 0.29) is 5.56 Å². The molecule has 4 rings (SSSR count). The van der Waals surface area contributed by atoms with Crippen molar-refractivity contribution in [3.8, 4) is 17.1 Å². The molecular weight excluding hydrogens is 344 g/mol. The summed E-state index contributed by atoms with van der Waals surface area (Å²) >= 11 is 0. The van der Waals surface area contributed by atoms with Gasteiger partial charge in [-0.15, -0.1) is 0 Å². The first-order valence-electron chi connectivity index (χ1n) is 8.65. The van der Waals surface area contributed by atoms with Crippen molar-refractivity contribution in [2.45, 2.75) is 20.0 Å². The highest BCUT2D eigenvalue weighted by Gasteiger charge is 2.16. The number of hydrogen-bond donors (Lipinski definition) is 4. The summed E-state index contributed by atoms with van der Waals surface area (Å²) in [6.07, 6.45) is 6.37. The third-order valence-corrected chi connectivity index (χ3v) is 4.35. The number of H-pyrrole nitrogens is 2. The van der Waals surface area contributed by atoms with Gasteiger partial charge in [0.1, 0.15) is 11.4 Å². The Bertz CT molecular complexity index is 1140. The Morgan fingerprint density at radius 2 is 2.22 bits per heavy atom. The second kappa shape index (κ2) is 6.73. The molecule has 1 atom stereocenters. The number of benzene rings is 1. The van der Waals surface area contributed by atoms with Crippen LogP contribution in [0.1, 0.15) is 12.5 Å². The average Bonchev–Trinajstić information content (AvgIpc) is 3.29. The van der Waals surface area contributed by atoms with E-state index in [4.69, 9.17) is 0 Å². The molecule has 138 valence electrons. The summed E-state index contributed by atoms with van der Waals surface area (Å²) in [4.78, 5) is 27.1. The molecule has 0 saturated carbocycles. The summed E-state index contributed by atoms with van der Waals surface area (Å²) < 4.78 is 1.91. The molecule has 0 fully saturated rings. The summed E-state index contributed by atoms with van der Waals surface area (Å²) in [5, 5.41) is 12.6. The normalized spacial score (nSPS) is 12.4. The second-order valence-corrected chi connectivity index (χ2v) is 6.54. The highest BCUT2D eigenvalue weighted by atomic mass is 16.3. The fourth-order valence-electron chi connectivity index (χ4n) is 3.07. The molecule has 4 N–H and O–H groups in total. The van der Waals surface area contributed by atoms with Crippen LogP contribution in [0.3, 0.4) is 0 Å². The fourth-order valence-corrected chi connectivity index (χ4v) is 3.07. The van der Waals surface area contributed by atoms with Gasteiger partial charge < -0.3 is 25.0 Å². The van der Waals surface area contributed by atoms with Crippen LogP contribution in [0.4, 0.5) is 5.69 Å². The minimum Gasteiger partial charge on any atom is -0.392 e. The number of pyridine rings is 1. The zero-order chi connectivity index (χ0) is 19.0. The van der Waals surface area contributed by atoms with Crippen LogP contribution in [-0.4, -0.2) is 42.3 Å². The van der Waals surface area contributed by atoms with Crippen LogP contribution in [0.15, 0.2) is 47.9 Å². The monoisotopic (exact) mass is 364 g/mol. The molecule has 1 unspecified atom stereocenters. The molecule has 4 aromatic rings. The largest absolute Gasteiger partial charge is 0.392 e. The molecule has 0 radical (unpaired) electrons. The van der Waals surface area contributed by atoms with Crippen molar-refractivity contribution in [3.05, 3.63) is 59.0 Å². The molecule has 0 amide bonds. The number of fused-ring (bicyclic) bond motifs is 1. The maximum Gasteiger partial charge on any atom is 0.261 e. The van der Waals surface area contributed by atoms with Crippen molar-refractivity contribution < 1.29 is 5.11 Å². The Morgan fingerprint density at radius 3 is 2.96 bits per heavy atom. The van der Waals surface area contributed by atoms with Crippen LogP contribution >= 0.6 is 0 Å². The summed E-state index contributed by atoms with van der Waals surface area (Å²) in [5.41, 5.74) is 4.37. The standard InChI is InChI=1S/C19H20N6O2/c1-11-7-13(25-6-5-20-10-25)8-15-17(11)24-18(23-15)16-14(22-9-12(2)26)3-4-21-19(16)27/h3-8,10,12,26H,9H2,1-2H3,(H,23,24)(H2,21,22,27). The van der Waals surface area contributed by atoms with Gasteiger partial charge in [-0.3, -0.25) is 4.79 Å². The number of aliphatic hydroxyl groups excluding tert-OH is 1. The van der Waals surface area contributed by atoms with Crippen LogP contribution < -0.4 is 10.9 Å². The molecule has 8 heteroatoms. The van der Waals surface area contributed by atoms with Gasteiger partial charge in [0.15, 0.2) is 0 Å². The molecule has 0 bridgehead atoms. The number of nitrogens with zero attached hydrogens (tertiary/aromatic N) is 3. The van der Waals surface area contributed by atoms with Gasteiger partial charge in [-0.1, -0.05) is 0 Å². The lowest BCUT2D eigenvalue weighted by Gasteiger charge is -2.11. The van der Waals surface area contributed by atoms with E-state index in [1.54, 1.807) is 31.7 Å². The number of aliphatic hydroxyl groups is 1. The number of aryl methyl sites for hydroxylation is 1. The minimum absolute atomic E-state index is 0.253. The molecule has 0 aliphatic rings. The Labute approximate surface area is 154 Å². The van der Waals surface area contributed by atoms with Gasteiger partial charge in [0.2, 0.25) is 0 Å². The van der Waals surface area contributed by atoms with Crippen molar-refractivity contribution in [2.75, 3.05) is 11.9 Å². The average molecular weight is 364 g/mol. The lowest BCUT2D eigenvalue weighted by atomic mass is 10.2. The minimum atomic E-state index is -0.534. The summed E-state index contributed by atoms with van der Waals surface area (Å²) in [6.45, 7) is 4.00. The Balaban J connectivity index is 1.84.